The van der Waals surface area contributed by atoms with Crippen LogP contribution in [-0.2, 0) is 0 Å². The molecule has 1 atom stereocenters. The third-order valence-corrected chi connectivity index (χ3v) is 5.27. The Hall–Kier alpha value is -2.44. The van der Waals surface area contributed by atoms with E-state index in [4.69, 9.17) is 0 Å². The van der Waals surface area contributed by atoms with Crippen molar-refractivity contribution in [1.29, 1.82) is 0 Å². The number of urea groups is 1. The monoisotopic (exact) mass is 368 g/mol. The first-order valence-corrected chi connectivity index (χ1v) is 9.81. The minimum absolute atomic E-state index is 0.179. The van der Waals surface area contributed by atoms with Crippen molar-refractivity contribution in [3.63, 3.8) is 0 Å². The van der Waals surface area contributed by atoms with Crippen LogP contribution >= 0.6 is 11.3 Å². The van der Waals surface area contributed by atoms with Gasteiger partial charge in [-0.05, 0) is 47.6 Å². The van der Waals surface area contributed by atoms with Crippen molar-refractivity contribution in [2.45, 2.75) is 19.9 Å². The van der Waals surface area contributed by atoms with E-state index in [2.05, 4.69) is 51.2 Å². The fraction of sp³-hybridized carbons (Fsp3) is 0.300. The molecular weight excluding hydrogens is 344 g/mol. The molecule has 136 valence electrons. The second-order valence-corrected chi connectivity index (χ2v) is 6.81. The van der Waals surface area contributed by atoms with Crippen molar-refractivity contribution in [2.75, 3.05) is 25.0 Å². The third kappa shape index (κ3) is 4.20. The van der Waals surface area contributed by atoms with E-state index in [-0.39, 0.29) is 12.1 Å². The molecule has 26 heavy (non-hydrogen) atoms. The molecular formula is C20H24N4OS. The average molecular weight is 369 g/mol. The number of anilines is 1. The molecule has 0 aliphatic heterocycles. The summed E-state index contributed by atoms with van der Waals surface area (Å²) in [6, 6.07) is 9.84. The fourth-order valence-electron chi connectivity index (χ4n) is 3.17. The Morgan fingerprint density at radius 2 is 2.08 bits per heavy atom. The Kier molecular flexibility index (Phi) is 6.20. The number of pyridine rings is 1. The highest BCUT2D eigenvalue weighted by molar-refractivity contribution is 7.07. The van der Waals surface area contributed by atoms with Crippen LogP contribution in [0.2, 0.25) is 0 Å². The highest BCUT2D eigenvalue weighted by atomic mass is 32.1. The van der Waals surface area contributed by atoms with E-state index in [0.717, 1.165) is 29.5 Å². The van der Waals surface area contributed by atoms with E-state index in [0.29, 0.717) is 6.54 Å². The first kappa shape index (κ1) is 18.4. The van der Waals surface area contributed by atoms with Gasteiger partial charge in [-0.3, -0.25) is 9.88 Å². The molecule has 1 aromatic carbocycles. The van der Waals surface area contributed by atoms with Gasteiger partial charge in [0.25, 0.3) is 0 Å². The van der Waals surface area contributed by atoms with E-state index in [1.54, 1.807) is 23.7 Å². The predicted molar refractivity (Wildman–Crippen MR) is 109 cm³/mol. The molecule has 0 radical (unpaired) electrons. The van der Waals surface area contributed by atoms with Crippen LogP contribution in [0.1, 0.15) is 25.5 Å². The number of fused-ring (bicyclic) bond motifs is 1. The molecule has 0 aliphatic carbocycles. The standard InChI is InChI=1S/C20H24N4OS/c1-3-24(4-2)19(16-9-11-26-14-16)13-22-20(25)23-18-7-5-6-15-12-21-10-8-17(15)18/h5-12,14,19H,3-4,13H2,1-2H3,(H2,22,23,25). The molecule has 2 amide bonds. The van der Waals surface area contributed by atoms with Crippen molar-refractivity contribution in [2.24, 2.45) is 0 Å². The smallest absolute Gasteiger partial charge is 0.319 e. The number of nitrogens with zero attached hydrogens (tertiary/aromatic N) is 2. The van der Waals surface area contributed by atoms with Gasteiger partial charge in [0.05, 0.1) is 11.7 Å². The number of hydrogen-bond donors (Lipinski definition) is 2. The van der Waals surface area contributed by atoms with E-state index >= 15 is 0 Å². The fourth-order valence-corrected chi connectivity index (χ4v) is 3.88. The quantitative estimate of drug-likeness (QED) is 0.645. The van der Waals surface area contributed by atoms with Gasteiger partial charge in [0, 0.05) is 29.7 Å². The Morgan fingerprint density at radius 1 is 1.23 bits per heavy atom. The van der Waals surface area contributed by atoms with Gasteiger partial charge in [0.1, 0.15) is 0 Å². The molecule has 3 aromatic rings. The number of aromatic nitrogens is 1. The van der Waals surface area contributed by atoms with Crippen molar-refractivity contribution in [3.8, 4) is 0 Å². The largest absolute Gasteiger partial charge is 0.336 e. The first-order valence-electron chi connectivity index (χ1n) is 8.86. The molecule has 2 N–H and O–H groups in total. The third-order valence-electron chi connectivity index (χ3n) is 4.57. The van der Waals surface area contributed by atoms with Gasteiger partial charge >= 0.3 is 6.03 Å². The number of benzene rings is 1. The number of carbonyl (C=O) groups is 1. The zero-order valence-corrected chi connectivity index (χ0v) is 15.9. The molecule has 0 spiro atoms. The molecule has 6 heteroatoms. The minimum Gasteiger partial charge on any atom is -0.336 e. The summed E-state index contributed by atoms with van der Waals surface area (Å²) >= 11 is 1.68. The second kappa shape index (κ2) is 8.78. The number of likely N-dealkylation sites (N-methyl/N-ethyl adjacent to an activating group) is 1. The van der Waals surface area contributed by atoms with Gasteiger partial charge in [-0.15, -0.1) is 0 Å². The topological polar surface area (TPSA) is 57.3 Å². The van der Waals surface area contributed by atoms with Crippen LogP contribution in [0.3, 0.4) is 0 Å². The summed E-state index contributed by atoms with van der Waals surface area (Å²) in [5.41, 5.74) is 2.03. The summed E-state index contributed by atoms with van der Waals surface area (Å²) in [6.07, 6.45) is 3.53. The van der Waals surface area contributed by atoms with Gasteiger partial charge in [-0.1, -0.05) is 26.0 Å². The van der Waals surface area contributed by atoms with Gasteiger partial charge in [-0.25, -0.2) is 4.79 Å². The molecule has 0 bridgehead atoms. The van der Waals surface area contributed by atoms with Crippen LogP contribution in [0, 0.1) is 0 Å². The summed E-state index contributed by atoms with van der Waals surface area (Å²) in [4.78, 5) is 19.0. The molecule has 0 fully saturated rings. The Bertz CT molecular complexity index is 841. The predicted octanol–water partition coefficient (Wildman–Crippen LogP) is 4.50. The zero-order chi connectivity index (χ0) is 18.4. The van der Waals surface area contributed by atoms with Gasteiger partial charge in [0.15, 0.2) is 0 Å². The van der Waals surface area contributed by atoms with E-state index in [1.807, 2.05) is 24.3 Å². The lowest BCUT2D eigenvalue weighted by atomic mass is 10.1. The Balaban J connectivity index is 1.68. The maximum Gasteiger partial charge on any atom is 0.319 e. The molecule has 2 aromatic heterocycles. The van der Waals surface area contributed by atoms with Gasteiger partial charge in [0.2, 0.25) is 0 Å². The second-order valence-electron chi connectivity index (χ2n) is 6.03. The van der Waals surface area contributed by atoms with Crippen molar-refractivity contribution in [1.82, 2.24) is 15.2 Å². The normalized spacial score (nSPS) is 12.3. The van der Waals surface area contributed by atoms with Crippen molar-refractivity contribution >= 4 is 33.8 Å². The SMILES string of the molecule is CCN(CC)C(CNC(=O)Nc1cccc2cnccc12)c1ccsc1. The molecule has 3 rings (SSSR count). The van der Waals surface area contributed by atoms with Crippen LogP contribution in [-0.4, -0.2) is 35.5 Å². The lowest BCUT2D eigenvalue weighted by Gasteiger charge is -2.29. The summed E-state index contributed by atoms with van der Waals surface area (Å²) in [7, 11) is 0. The van der Waals surface area contributed by atoms with Gasteiger partial charge in [-0.2, -0.15) is 11.3 Å². The van der Waals surface area contributed by atoms with Crippen LogP contribution in [0.5, 0.6) is 0 Å². The number of rotatable bonds is 7. The Morgan fingerprint density at radius 3 is 2.81 bits per heavy atom. The van der Waals surface area contributed by atoms with E-state index in [9.17, 15) is 4.79 Å². The number of nitrogens with one attached hydrogen (secondary N) is 2. The Labute approximate surface area is 158 Å². The molecule has 1 unspecified atom stereocenters. The number of carbonyl (C=O) groups excluding carboxylic acids is 1. The van der Waals surface area contributed by atoms with Crippen LogP contribution < -0.4 is 10.6 Å². The summed E-state index contributed by atoms with van der Waals surface area (Å²) in [5, 5.41) is 12.2. The van der Waals surface area contributed by atoms with Crippen LogP contribution in [0.25, 0.3) is 10.8 Å². The number of hydrogen-bond acceptors (Lipinski definition) is 4. The van der Waals surface area contributed by atoms with Crippen molar-refractivity contribution in [3.05, 3.63) is 59.0 Å². The molecule has 0 saturated heterocycles. The summed E-state index contributed by atoms with van der Waals surface area (Å²) < 4.78 is 0. The molecule has 0 aliphatic rings. The molecule has 2 heterocycles. The maximum absolute atomic E-state index is 12.5. The minimum atomic E-state index is -0.193. The molecule has 0 saturated carbocycles. The number of thiophene rings is 1. The first-order chi connectivity index (χ1) is 12.7. The van der Waals surface area contributed by atoms with Crippen LogP contribution in [0.15, 0.2) is 53.5 Å². The van der Waals surface area contributed by atoms with Gasteiger partial charge < -0.3 is 10.6 Å². The highest BCUT2D eigenvalue weighted by Crippen LogP contribution is 2.23. The maximum atomic E-state index is 12.5. The van der Waals surface area contributed by atoms with Crippen LogP contribution in [0.4, 0.5) is 10.5 Å². The lowest BCUT2D eigenvalue weighted by Crippen LogP contribution is -2.39. The molecule has 5 nitrogen and oxygen atoms in total. The van der Waals surface area contributed by atoms with E-state index in [1.165, 1.54) is 5.56 Å². The highest BCUT2D eigenvalue weighted by Gasteiger charge is 2.19. The van der Waals surface area contributed by atoms with E-state index < -0.39 is 0 Å². The summed E-state index contributed by atoms with van der Waals surface area (Å²) in [5.74, 6) is 0. The summed E-state index contributed by atoms with van der Waals surface area (Å²) in [6.45, 7) is 6.74. The van der Waals surface area contributed by atoms with Crippen molar-refractivity contribution < 1.29 is 4.79 Å². The lowest BCUT2D eigenvalue weighted by molar-refractivity contribution is 0.210. The average Bonchev–Trinajstić information content (AvgIpc) is 3.20. The number of amides is 2. The zero-order valence-electron chi connectivity index (χ0n) is 15.1.